The highest BCUT2D eigenvalue weighted by atomic mass is 32.2. The standard InChI is InChI=1S/C23H22N2O7S2/c1-14(2)22(23(26)27)25-34(30,31)17-9-11-20-19(13-17)18-10-8-15(12-21(18)32-20)24-33(28,29)16-6-4-3-5-7-16/h3-14,22,24-25H,1-2H3,(H,26,27)/t22-/m0/s1. The molecule has 0 amide bonds. The molecule has 4 rings (SSSR count). The Morgan fingerprint density at radius 3 is 2.18 bits per heavy atom. The zero-order valence-electron chi connectivity index (χ0n) is 18.2. The first-order valence-corrected chi connectivity index (χ1v) is 13.2. The molecule has 3 aromatic carbocycles. The molecule has 1 heterocycles. The Morgan fingerprint density at radius 1 is 0.824 bits per heavy atom. The summed E-state index contributed by atoms with van der Waals surface area (Å²) in [5, 5.41) is 10.4. The van der Waals surface area contributed by atoms with Crippen LogP contribution in [0, 0.1) is 5.92 Å². The van der Waals surface area contributed by atoms with E-state index in [0.29, 0.717) is 21.9 Å². The number of anilines is 1. The SMILES string of the molecule is CC(C)[C@H](NS(=O)(=O)c1ccc2oc3cc(NS(=O)(=O)c4ccccc4)ccc3c2c1)C(=O)O. The summed E-state index contributed by atoms with van der Waals surface area (Å²) in [4.78, 5) is 11.4. The minimum atomic E-state index is -4.11. The van der Waals surface area contributed by atoms with Crippen LogP contribution < -0.4 is 9.44 Å². The molecule has 4 aromatic rings. The van der Waals surface area contributed by atoms with E-state index < -0.39 is 38.0 Å². The normalized spacial score (nSPS) is 13.4. The molecule has 0 unspecified atom stereocenters. The first kappa shape index (κ1) is 23.7. The van der Waals surface area contributed by atoms with E-state index in [2.05, 4.69) is 9.44 Å². The maximum Gasteiger partial charge on any atom is 0.322 e. The molecule has 0 saturated heterocycles. The largest absolute Gasteiger partial charge is 0.480 e. The number of carboxylic acids is 1. The van der Waals surface area contributed by atoms with Crippen molar-refractivity contribution in [3.8, 4) is 0 Å². The van der Waals surface area contributed by atoms with E-state index in [0.717, 1.165) is 0 Å². The Hall–Kier alpha value is -3.41. The third-order valence-electron chi connectivity index (χ3n) is 5.27. The van der Waals surface area contributed by atoms with Crippen molar-refractivity contribution in [2.45, 2.75) is 29.7 Å². The molecule has 0 radical (unpaired) electrons. The van der Waals surface area contributed by atoms with Crippen LogP contribution in [0.1, 0.15) is 13.8 Å². The minimum absolute atomic E-state index is 0.108. The van der Waals surface area contributed by atoms with Crippen molar-refractivity contribution >= 4 is 53.6 Å². The van der Waals surface area contributed by atoms with Crippen LogP contribution >= 0.6 is 0 Å². The average molecular weight is 503 g/mol. The number of carbonyl (C=O) groups is 1. The number of sulfonamides is 2. The van der Waals surface area contributed by atoms with Gasteiger partial charge in [-0.1, -0.05) is 32.0 Å². The van der Waals surface area contributed by atoms with Crippen LogP contribution in [0.3, 0.4) is 0 Å². The summed E-state index contributed by atoms with van der Waals surface area (Å²) >= 11 is 0. The molecule has 0 fully saturated rings. The molecule has 0 bridgehead atoms. The zero-order valence-corrected chi connectivity index (χ0v) is 19.9. The van der Waals surface area contributed by atoms with Gasteiger partial charge in [0.1, 0.15) is 17.2 Å². The highest BCUT2D eigenvalue weighted by Gasteiger charge is 2.28. The molecule has 34 heavy (non-hydrogen) atoms. The van der Waals surface area contributed by atoms with Crippen molar-refractivity contribution in [3.05, 3.63) is 66.7 Å². The number of nitrogens with one attached hydrogen (secondary N) is 2. The molecule has 1 atom stereocenters. The van der Waals surface area contributed by atoms with Crippen molar-refractivity contribution in [2.75, 3.05) is 4.72 Å². The number of carboxylic acid groups (broad SMARTS) is 1. The third-order valence-corrected chi connectivity index (χ3v) is 8.11. The molecule has 0 saturated carbocycles. The summed E-state index contributed by atoms with van der Waals surface area (Å²) in [6.07, 6.45) is 0. The molecule has 9 nitrogen and oxygen atoms in total. The fourth-order valence-corrected chi connectivity index (χ4v) is 5.94. The van der Waals surface area contributed by atoms with Crippen LogP contribution in [-0.2, 0) is 24.8 Å². The number of aliphatic carboxylic acids is 1. The Balaban J connectivity index is 1.69. The number of hydrogen-bond acceptors (Lipinski definition) is 6. The van der Waals surface area contributed by atoms with Crippen LogP contribution in [0.2, 0.25) is 0 Å². The first-order chi connectivity index (χ1) is 16.0. The number of furan rings is 1. The predicted octanol–water partition coefficient (Wildman–Crippen LogP) is 3.77. The Labute approximate surface area is 196 Å². The van der Waals surface area contributed by atoms with Gasteiger partial charge in [-0.15, -0.1) is 0 Å². The second-order valence-electron chi connectivity index (χ2n) is 8.07. The van der Waals surface area contributed by atoms with Gasteiger partial charge >= 0.3 is 5.97 Å². The molecule has 11 heteroatoms. The van der Waals surface area contributed by atoms with Crippen molar-refractivity contribution in [3.63, 3.8) is 0 Å². The summed E-state index contributed by atoms with van der Waals surface area (Å²) < 4.78 is 61.3. The van der Waals surface area contributed by atoms with E-state index in [1.54, 1.807) is 44.2 Å². The lowest BCUT2D eigenvalue weighted by atomic mass is 10.1. The lowest BCUT2D eigenvalue weighted by Crippen LogP contribution is -2.44. The third kappa shape index (κ3) is 4.63. The van der Waals surface area contributed by atoms with Crippen LogP contribution in [0.5, 0.6) is 0 Å². The smallest absolute Gasteiger partial charge is 0.322 e. The highest BCUT2D eigenvalue weighted by Crippen LogP contribution is 2.33. The molecule has 178 valence electrons. The van der Waals surface area contributed by atoms with Crippen LogP contribution in [0.25, 0.3) is 21.9 Å². The molecule has 1 aromatic heterocycles. The summed E-state index contributed by atoms with van der Waals surface area (Å²) in [5.74, 6) is -1.72. The van der Waals surface area contributed by atoms with Crippen LogP contribution in [-0.4, -0.2) is 34.0 Å². The van der Waals surface area contributed by atoms with Gasteiger partial charge in [-0.3, -0.25) is 9.52 Å². The van der Waals surface area contributed by atoms with E-state index in [1.807, 2.05) is 0 Å². The van der Waals surface area contributed by atoms with E-state index in [4.69, 9.17) is 4.42 Å². The fraction of sp³-hybridized carbons (Fsp3) is 0.174. The van der Waals surface area contributed by atoms with Gasteiger partial charge in [-0.2, -0.15) is 4.72 Å². The second-order valence-corrected chi connectivity index (χ2v) is 11.5. The van der Waals surface area contributed by atoms with E-state index in [-0.39, 0.29) is 15.5 Å². The molecular weight excluding hydrogens is 480 g/mol. The fourth-order valence-electron chi connectivity index (χ4n) is 3.51. The molecule has 0 spiro atoms. The number of benzene rings is 3. The van der Waals surface area contributed by atoms with Gasteiger partial charge in [0, 0.05) is 16.8 Å². The van der Waals surface area contributed by atoms with Crippen LogP contribution in [0.15, 0.2) is 80.9 Å². The van der Waals surface area contributed by atoms with Gasteiger partial charge in [0.25, 0.3) is 10.0 Å². The predicted molar refractivity (Wildman–Crippen MR) is 128 cm³/mol. The molecule has 3 N–H and O–H groups in total. The van der Waals surface area contributed by atoms with Gasteiger partial charge in [0.15, 0.2) is 0 Å². The van der Waals surface area contributed by atoms with Crippen molar-refractivity contribution in [1.29, 1.82) is 0 Å². The van der Waals surface area contributed by atoms with E-state index in [9.17, 15) is 26.7 Å². The molecule has 0 aliphatic carbocycles. The van der Waals surface area contributed by atoms with Gasteiger partial charge in [0.05, 0.1) is 15.5 Å². The van der Waals surface area contributed by atoms with Gasteiger partial charge in [-0.05, 0) is 48.4 Å². The lowest BCUT2D eigenvalue weighted by molar-refractivity contribution is -0.140. The summed E-state index contributed by atoms with van der Waals surface area (Å²) in [6, 6.07) is 15.5. The lowest BCUT2D eigenvalue weighted by Gasteiger charge is -2.17. The second kappa shape index (κ2) is 8.75. The molecule has 0 aliphatic rings. The van der Waals surface area contributed by atoms with Gasteiger partial charge in [-0.25, -0.2) is 16.8 Å². The van der Waals surface area contributed by atoms with E-state index >= 15 is 0 Å². The topological polar surface area (TPSA) is 143 Å². The quantitative estimate of drug-likeness (QED) is 0.333. The number of fused-ring (bicyclic) bond motifs is 3. The highest BCUT2D eigenvalue weighted by molar-refractivity contribution is 7.92. The summed E-state index contributed by atoms with van der Waals surface area (Å²) in [6.45, 7) is 3.22. The monoisotopic (exact) mass is 502 g/mol. The molecular formula is C23H22N2O7S2. The average Bonchev–Trinajstić information content (AvgIpc) is 3.14. The maximum absolute atomic E-state index is 12.8. The summed E-state index contributed by atoms with van der Waals surface area (Å²) in [7, 11) is -7.91. The number of hydrogen-bond donors (Lipinski definition) is 3. The van der Waals surface area contributed by atoms with Gasteiger partial charge < -0.3 is 9.52 Å². The minimum Gasteiger partial charge on any atom is -0.480 e. The maximum atomic E-state index is 12.8. The Bertz CT molecular complexity index is 1590. The van der Waals surface area contributed by atoms with Crippen molar-refractivity contribution in [2.24, 2.45) is 5.92 Å². The summed E-state index contributed by atoms with van der Waals surface area (Å²) in [5.41, 5.74) is 1.04. The van der Waals surface area contributed by atoms with Gasteiger partial charge in [0.2, 0.25) is 10.0 Å². The first-order valence-electron chi connectivity index (χ1n) is 10.3. The Kier molecular flexibility index (Phi) is 6.11. The Morgan fingerprint density at radius 2 is 1.53 bits per heavy atom. The van der Waals surface area contributed by atoms with Crippen LogP contribution in [0.4, 0.5) is 5.69 Å². The molecule has 0 aliphatic heterocycles. The van der Waals surface area contributed by atoms with E-state index in [1.165, 1.54) is 36.4 Å². The number of rotatable bonds is 8. The van der Waals surface area contributed by atoms with Crippen molar-refractivity contribution in [1.82, 2.24) is 4.72 Å². The van der Waals surface area contributed by atoms with Crippen molar-refractivity contribution < 1.29 is 31.2 Å². The zero-order chi connectivity index (χ0) is 24.7.